The molecule has 2 amide bonds. The molecule has 27 heavy (non-hydrogen) atoms. The van der Waals surface area contributed by atoms with E-state index in [9.17, 15) is 9.59 Å². The van der Waals surface area contributed by atoms with Crippen molar-refractivity contribution in [3.8, 4) is 0 Å². The van der Waals surface area contributed by atoms with Gasteiger partial charge in [0, 0.05) is 24.4 Å². The predicted molar refractivity (Wildman–Crippen MR) is 109 cm³/mol. The van der Waals surface area contributed by atoms with E-state index in [-0.39, 0.29) is 48.7 Å². The van der Waals surface area contributed by atoms with E-state index in [2.05, 4.69) is 15.6 Å². The van der Waals surface area contributed by atoms with E-state index in [4.69, 9.17) is 10.5 Å². The van der Waals surface area contributed by atoms with Gasteiger partial charge in [0.05, 0.1) is 18.0 Å². The van der Waals surface area contributed by atoms with Crippen molar-refractivity contribution >= 4 is 48.1 Å². The standard InChI is InChI=1S/C18H26N4O3.2ClH/c1-4-25-13-9-18(19,17(13,2)3)16(24)21-12-7-8-14(20-10-12)22-15(23)11-5-6-11;;/h7-8,10-11,13H,4-6,9,19H2,1-3H3,(H,21,24)(H,20,22,23);2*1H. The third kappa shape index (κ3) is 4.54. The normalized spacial score (nSPS) is 25.3. The van der Waals surface area contributed by atoms with Gasteiger partial charge in [0.2, 0.25) is 11.8 Å². The Morgan fingerprint density at radius 2 is 1.93 bits per heavy atom. The fourth-order valence-corrected chi connectivity index (χ4v) is 3.18. The van der Waals surface area contributed by atoms with Crippen molar-refractivity contribution in [1.82, 2.24) is 4.98 Å². The zero-order chi connectivity index (χ0) is 18.2. The zero-order valence-electron chi connectivity index (χ0n) is 15.8. The fraction of sp³-hybridized carbons (Fsp3) is 0.611. The molecule has 0 bridgehead atoms. The Bertz CT molecular complexity index is 680. The third-order valence-corrected chi connectivity index (χ3v) is 5.46. The van der Waals surface area contributed by atoms with Gasteiger partial charge >= 0.3 is 0 Å². The van der Waals surface area contributed by atoms with Crippen LogP contribution < -0.4 is 16.4 Å². The van der Waals surface area contributed by atoms with Crippen molar-refractivity contribution in [2.75, 3.05) is 17.2 Å². The number of anilines is 2. The lowest BCUT2D eigenvalue weighted by molar-refractivity contribution is -0.166. The number of carbonyl (C=O) groups is 2. The summed E-state index contributed by atoms with van der Waals surface area (Å²) in [5.74, 6) is 0.364. The minimum Gasteiger partial charge on any atom is -0.378 e. The van der Waals surface area contributed by atoms with Gasteiger partial charge in [-0.2, -0.15) is 0 Å². The highest BCUT2D eigenvalue weighted by atomic mass is 35.5. The number of hydrogen-bond acceptors (Lipinski definition) is 5. The largest absolute Gasteiger partial charge is 0.378 e. The molecule has 2 fully saturated rings. The molecule has 1 heterocycles. The number of aromatic nitrogens is 1. The Morgan fingerprint density at radius 3 is 2.41 bits per heavy atom. The smallest absolute Gasteiger partial charge is 0.245 e. The lowest BCUT2D eigenvalue weighted by Crippen LogP contribution is -2.74. The summed E-state index contributed by atoms with van der Waals surface area (Å²) in [4.78, 5) is 28.6. The Balaban J connectivity index is 0.00000182. The lowest BCUT2D eigenvalue weighted by atomic mass is 9.54. The second-order valence-corrected chi connectivity index (χ2v) is 7.49. The van der Waals surface area contributed by atoms with Crippen LogP contribution >= 0.6 is 24.8 Å². The monoisotopic (exact) mass is 418 g/mol. The van der Waals surface area contributed by atoms with Crippen LogP contribution in [0.2, 0.25) is 0 Å². The van der Waals surface area contributed by atoms with Gasteiger partial charge in [-0.15, -0.1) is 24.8 Å². The minimum atomic E-state index is -0.980. The molecular formula is C18H28Cl2N4O3. The number of carbonyl (C=O) groups excluding carboxylic acids is 2. The summed E-state index contributed by atoms with van der Waals surface area (Å²) >= 11 is 0. The van der Waals surface area contributed by atoms with Crippen molar-refractivity contribution in [3.05, 3.63) is 18.3 Å². The first-order valence-corrected chi connectivity index (χ1v) is 8.77. The van der Waals surface area contributed by atoms with Gasteiger partial charge in [0.25, 0.3) is 0 Å². The predicted octanol–water partition coefficient (Wildman–Crippen LogP) is 2.74. The number of nitrogens with one attached hydrogen (secondary N) is 2. The second-order valence-electron chi connectivity index (χ2n) is 7.49. The van der Waals surface area contributed by atoms with Crippen LogP contribution in [0, 0.1) is 11.3 Å². The number of halogens is 2. The molecule has 2 aliphatic carbocycles. The van der Waals surface area contributed by atoms with Crippen LogP contribution in [0.15, 0.2) is 18.3 Å². The maximum Gasteiger partial charge on any atom is 0.245 e. The van der Waals surface area contributed by atoms with Gasteiger partial charge < -0.3 is 21.1 Å². The first kappa shape index (κ1) is 23.6. The highest BCUT2D eigenvalue weighted by Gasteiger charge is 2.62. The van der Waals surface area contributed by atoms with Crippen LogP contribution in [-0.4, -0.2) is 35.0 Å². The van der Waals surface area contributed by atoms with E-state index in [1.165, 1.54) is 6.20 Å². The highest BCUT2D eigenvalue weighted by molar-refractivity contribution is 6.00. The number of nitrogens with zero attached hydrogens (tertiary/aromatic N) is 1. The van der Waals surface area contributed by atoms with Gasteiger partial charge in [-0.1, -0.05) is 13.8 Å². The fourth-order valence-electron chi connectivity index (χ4n) is 3.18. The molecule has 1 aromatic heterocycles. The Labute approximate surface area is 172 Å². The summed E-state index contributed by atoms with van der Waals surface area (Å²) in [6.45, 7) is 6.43. The second kappa shape index (κ2) is 8.73. The Hall–Kier alpha value is -1.41. The molecule has 2 aliphatic rings. The van der Waals surface area contributed by atoms with Gasteiger partial charge in [0.1, 0.15) is 11.4 Å². The molecule has 7 nitrogen and oxygen atoms in total. The van der Waals surface area contributed by atoms with Gasteiger partial charge in [-0.3, -0.25) is 9.59 Å². The number of pyridine rings is 1. The topological polar surface area (TPSA) is 106 Å². The molecule has 2 unspecified atom stereocenters. The molecule has 0 spiro atoms. The van der Waals surface area contributed by atoms with E-state index in [1.807, 2.05) is 20.8 Å². The highest BCUT2D eigenvalue weighted by Crippen LogP contribution is 2.50. The van der Waals surface area contributed by atoms with Crippen LogP contribution in [0.1, 0.15) is 40.0 Å². The molecule has 4 N–H and O–H groups in total. The molecule has 0 aromatic carbocycles. The molecule has 9 heteroatoms. The van der Waals surface area contributed by atoms with Crippen LogP contribution in [0.5, 0.6) is 0 Å². The number of ether oxygens (including phenoxy) is 1. The number of amides is 2. The molecule has 3 rings (SSSR count). The van der Waals surface area contributed by atoms with E-state index < -0.39 is 11.0 Å². The SMILES string of the molecule is CCOC1CC(N)(C(=O)Nc2ccc(NC(=O)C3CC3)nc2)C1(C)C.Cl.Cl. The average Bonchev–Trinajstić information content (AvgIpc) is 3.41. The number of rotatable bonds is 6. The maximum atomic E-state index is 12.7. The van der Waals surface area contributed by atoms with Gasteiger partial charge in [-0.05, 0) is 31.9 Å². The first-order chi connectivity index (χ1) is 11.8. The summed E-state index contributed by atoms with van der Waals surface area (Å²) in [5.41, 5.74) is 5.48. The van der Waals surface area contributed by atoms with Crippen LogP contribution in [0.3, 0.4) is 0 Å². The van der Waals surface area contributed by atoms with E-state index in [0.717, 1.165) is 12.8 Å². The zero-order valence-corrected chi connectivity index (χ0v) is 17.4. The maximum absolute atomic E-state index is 12.7. The van der Waals surface area contributed by atoms with Crippen molar-refractivity contribution in [3.63, 3.8) is 0 Å². The van der Waals surface area contributed by atoms with Crippen molar-refractivity contribution in [2.45, 2.75) is 51.7 Å². The molecule has 0 aliphatic heterocycles. The number of hydrogen-bond donors (Lipinski definition) is 3. The van der Waals surface area contributed by atoms with Crippen LogP contribution in [-0.2, 0) is 14.3 Å². The van der Waals surface area contributed by atoms with E-state index in [1.54, 1.807) is 12.1 Å². The summed E-state index contributed by atoms with van der Waals surface area (Å²) in [6.07, 6.45) is 3.87. The molecule has 2 saturated carbocycles. The average molecular weight is 419 g/mol. The summed E-state index contributed by atoms with van der Waals surface area (Å²) in [5, 5.41) is 5.59. The summed E-state index contributed by atoms with van der Waals surface area (Å²) < 4.78 is 5.65. The summed E-state index contributed by atoms with van der Waals surface area (Å²) in [6, 6.07) is 3.39. The van der Waals surface area contributed by atoms with Crippen molar-refractivity contribution in [1.29, 1.82) is 0 Å². The molecule has 2 atom stereocenters. The van der Waals surface area contributed by atoms with Crippen molar-refractivity contribution < 1.29 is 14.3 Å². The van der Waals surface area contributed by atoms with Crippen LogP contribution in [0.25, 0.3) is 0 Å². The molecule has 152 valence electrons. The molecule has 0 saturated heterocycles. The lowest BCUT2D eigenvalue weighted by Gasteiger charge is -2.57. The van der Waals surface area contributed by atoms with Crippen molar-refractivity contribution in [2.24, 2.45) is 17.1 Å². The number of nitrogens with two attached hydrogens (primary N) is 1. The quantitative estimate of drug-likeness (QED) is 0.658. The molecule has 1 aromatic rings. The minimum absolute atomic E-state index is 0. The molecule has 0 radical (unpaired) electrons. The Kier molecular flexibility index (Phi) is 7.64. The van der Waals surface area contributed by atoms with Gasteiger partial charge in [-0.25, -0.2) is 4.98 Å². The van der Waals surface area contributed by atoms with Gasteiger partial charge in [0.15, 0.2) is 0 Å². The third-order valence-electron chi connectivity index (χ3n) is 5.46. The van der Waals surface area contributed by atoms with E-state index >= 15 is 0 Å². The Morgan fingerprint density at radius 1 is 1.26 bits per heavy atom. The summed E-state index contributed by atoms with van der Waals surface area (Å²) in [7, 11) is 0. The molecular weight excluding hydrogens is 391 g/mol. The van der Waals surface area contributed by atoms with E-state index in [0.29, 0.717) is 24.5 Å². The van der Waals surface area contributed by atoms with Crippen LogP contribution in [0.4, 0.5) is 11.5 Å². The first-order valence-electron chi connectivity index (χ1n) is 8.77.